The fraction of sp³-hybridized carbons (Fsp3) is 0.486. The number of ether oxygens (including phenoxy) is 1. The number of amides is 2. The lowest BCUT2D eigenvalue weighted by Crippen LogP contribution is -2.43. The maximum atomic E-state index is 16.9. The Morgan fingerprint density at radius 2 is 1.88 bits per heavy atom. The number of aromatic nitrogens is 3. The minimum atomic E-state index is -2.70. The number of imide groups is 1. The first-order chi connectivity index (χ1) is 24.2. The average molecular weight is 709 g/mol. The first-order valence-electron chi connectivity index (χ1n) is 17.2. The monoisotopic (exact) mass is 708 g/mol. The maximum Gasteiger partial charge on any atom is 0.319 e. The van der Waals surface area contributed by atoms with Crippen LogP contribution in [0.5, 0.6) is 11.8 Å². The number of hydrogen-bond acceptors (Lipinski definition) is 9. The zero-order valence-corrected chi connectivity index (χ0v) is 29.0. The number of carbonyl (C=O) groups excluding carboxylic acids is 2. The van der Waals surface area contributed by atoms with E-state index in [1.807, 2.05) is 0 Å². The highest BCUT2D eigenvalue weighted by Gasteiger charge is 2.77. The molecule has 10 nitrogen and oxygen atoms in total. The summed E-state index contributed by atoms with van der Waals surface area (Å²) in [4.78, 5) is 42.5. The molecular weight excluding hydrogens is 668 g/mol. The normalized spacial score (nSPS) is 22.1. The third-order valence-electron chi connectivity index (χ3n) is 11.1. The highest BCUT2D eigenvalue weighted by atomic mass is 19.3. The number of carbonyl (C=O) groups is 2. The summed E-state index contributed by atoms with van der Waals surface area (Å²) in [5.41, 5.74) is -1.43. The standard InChI is InChI=1S/C37H40F4N6O4/c1-5-24-27(38)10-9-22-14-23(49)15-25(29(22)24)31-30(39)32-26(16-42-31)33(45(3)12-6-8-28(50)46(4)21(2)48)44-34(43-32)51-20-36-11-7-13-47(36)19-35(17-36)18-37(35,40)41/h9-10,14-16,49H,5-8,11-13,17-20H2,1-4H3/t35-,36-/m0/s1. The lowest BCUT2D eigenvalue weighted by molar-refractivity contribution is -0.141. The predicted octanol–water partition coefficient (Wildman–Crippen LogP) is 6.26. The number of nitrogens with zero attached hydrogens (tertiary/aromatic N) is 6. The summed E-state index contributed by atoms with van der Waals surface area (Å²) < 4.78 is 67.0. The molecule has 2 amide bonds. The number of aryl methyl sites for hydroxylation is 1. The number of hydrogen-bond donors (Lipinski definition) is 1. The molecule has 2 aliphatic heterocycles. The van der Waals surface area contributed by atoms with Crippen molar-refractivity contribution in [3.8, 4) is 23.0 Å². The number of fused-ring (bicyclic) bond motifs is 3. The summed E-state index contributed by atoms with van der Waals surface area (Å²) in [6.07, 6.45) is 3.81. The minimum Gasteiger partial charge on any atom is -0.508 e. The van der Waals surface area contributed by atoms with Gasteiger partial charge in [-0.2, -0.15) is 9.97 Å². The lowest BCUT2D eigenvalue weighted by atomic mass is 9.89. The van der Waals surface area contributed by atoms with Crippen LogP contribution in [0.1, 0.15) is 57.9 Å². The molecule has 7 rings (SSSR count). The van der Waals surface area contributed by atoms with Gasteiger partial charge in [0.15, 0.2) is 5.82 Å². The zero-order chi connectivity index (χ0) is 36.5. The van der Waals surface area contributed by atoms with Crippen LogP contribution in [0, 0.1) is 17.0 Å². The van der Waals surface area contributed by atoms with Crippen molar-refractivity contribution < 1.29 is 37.0 Å². The molecular formula is C37H40F4N6O4. The van der Waals surface area contributed by atoms with Crippen molar-refractivity contribution in [1.82, 2.24) is 24.8 Å². The van der Waals surface area contributed by atoms with Crippen LogP contribution in [0.2, 0.25) is 0 Å². The van der Waals surface area contributed by atoms with Crippen molar-refractivity contribution in [1.29, 1.82) is 0 Å². The summed E-state index contributed by atoms with van der Waals surface area (Å²) in [5, 5.41) is 11.7. The fourth-order valence-corrected chi connectivity index (χ4v) is 8.16. The molecule has 0 bridgehead atoms. The van der Waals surface area contributed by atoms with Crippen molar-refractivity contribution in [2.75, 3.05) is 45.2 Å². The summed E-state index contributed by atoms with van der Waals surface area (Å²) in [6, 6.07) is 5.49. The zero-order valence-electron chi connectivity index (χ0n) is 29.0. The molecule has 270 valence electrons. The van der Waals surface area contributed by atoms with Crippen molar-refractivity contribution in [3.05, 3.63) is 47.7 Å². The molecule has 51 heavy (non-hydrogen) atoms. The van der Waals surface area contributed by atoms with Gasteiger partial charge in [0.1, 0.15) is 35.2 Å². The lowest BCUT2D eigenvalue weighted by Gasteiger charge is -2.31. The van der Waals surface area contributed by atoms with E-state index < -0.39 is 28.5 Å². The largest absolute Gasteiger partial charge is 0.508 e. The topological polar surface area (TPSA) is 112 Å². The number of anilines is 1. The molecule has 3 aliphatic rings. The molecule has 0 unspecified atom stereocenters. The Morgan fingerprint density at radius 3 is 2.59 bits per heavy atom. The first kappa shape index (κ1) is 34.8. The van der Waals surface area contributed by atoms with E-state index in [4.69, 9.17) is 4.74 Å². The Bertz CT molecular complexity index is 2080. The van der Waals surface area contributed by atoms with E-state index in [2.05, 4.69) is 19.9 Å². The molecule has 0 radical (unpaired) electrons. The van der Waals surface area contributed by atoms with E-state index in [0.717, 1.165) is 11.3 Å². The van der Waals surface area contributed by atoms with Gasteiger partial charge in [-0.1, -0.05) is 13.0 Å². The first-order valence-corrected chi connectivity index (χ1v) is 17.2. The van der Waals surface area contributed by atoms with Crippen molar-refractivity contribution >= 4 is 39.3 Å². The Hall–Kier alpha value is -4.59. The number of pyridine rings is 1. The van der Waals surface area contributed by atoms with Gasteiger partial charge in [0.2, 0.25) is 11.8 Å². The van der Waals surface area contributed by atoms with Crippen molar-refractivity contribution in [2.24, 2.45) is 5.41 Å². The number of benzene rings is 2. The van der Waals surface area contributed by atoms with E-state index in [-0.39, 0.29) is 77.5 Å². The van der Waals surface area contributed by atoms with Gasteiger partial charge in [-0.15, -0.1) is 0 Å². The van der Waals surface area contributed by atoms with Crippen LogP contribution >= 0.6 is 0 Å². The molecule has 1 spiro atoms. The molecule has 3 fully saturated rings. The number of alkyl halides is 2. The van der Waals surface area contributed by atoms with Gasteiger partial charge in [0, 0.05) is 58.7 Å². The molecule has 2 aromatic heterocycles. The maximum absolute atomic E-state index is 16.9. The molecule has 1 N–H and O–H groups in total. The second-order valence-electron chi connectivity index (χ2n) is 14.4. The predicted molar refractivity (Wildman–Crippen MR) is 183 cm³/mol. The smallest absolute Gasteiger partial charge is 0.319 e. The van der Waals surface area contributed by atoms with Crippen LogP contribution in [0.15, 0.2) is 30.5 Å². The van der Waals surface area contributed by atoms with Gasteiger partial charge in [0.25, 0.3) is 5.92 Å². The van der Waals surface area contributed by atoms with Crippen molar-refractivity contribution in [3.63, 3.8) is 0 Å². The molecule has 1 saturated carbocycles. The van der Waals surface area contributed by atoms with Crippen molar-refractivity contribution in [2.45, 2.75) is 70.3 Å². The number of phenols is 1. The van der Waals surface area contributed by atoms with Gasteiger partial charge in [-0.25, -0.2) is 17.6 Å². The SMILES string of the molecule is CCc1c(F)ccc2cc(O)cc(-c3ncc4c(N(C)CCCC(=O)N(C)C(C)=O)nc(OC[C@@]56CCCN5C[C@@]5(CC5(F)F)C6)nc4c3F)c12. The van der Waals surface area contributed by atoms with Gasteiger partial charge in [-0.3, -0.25) is 24.4 Å². The van der Waals surface area contributed by atoms with Crippen LogP contribution in [0.3, 0.4) is 0 Å². The Morgan fingerprint density at radius 1 is 1.12 bits per heavy atom. The Balaban J connectivity index is 1.28. The molecule has 2 saturated heterocycles. The van der Waals surface area contributed by atoms with E-state index >= 15 is 4.39 Å². The van der Waals surface area contributed by atoms with Gasteiger partial charge < -0.3 is 14.7 Å². The second kappa shape index (κ2) is 12.6. The highest BCUT2D eigenvalue weighted by molar-refractivity contribution is 6.01. The fourth-order valence-electron chi connectivity index (χ4n) is 8.16. The van der Waals surface area contributed by atoms with Crippen LogP contribution < -0.4 is 9.64 Å². The molecule has 2 atom stereocenters. The summed E-state index contributed by atoms with van der Waals surface area (Å²) >= 11 is 0. The Kier molecular flexibility index (Phi) is 8.59. The van der Waals surface area contributed by atoms with Crippen LogP contribution in [0.25, 0.3) is 32.9 Å². The van der Waals surface area contributed by atoms with Gasteiger partial charge >= 0.3 is 6.01 Å². The Labute approximate surface area is 292 Å². The van der Waals surface area contributed by atoms with E-state index in [0.29, 0.717) is 55.1 Å². The van der Waals surface area contributed by atoms with Crippen LogP contribution in [-0.2, 0) is 16.0 Å². The van der Waals surface area contributed by atoms with Gasteiger partial charge in [-0.05, 0) is 73.2 Å². The number of aromatic hydroxyl groups is 1. The molecule has 2 aromatic carbocycles. The van der Waals surface area contributed by atoms with E-state index in [9.17, 15) is 27.9 Å². The third-order valence-corrected chi connectivity index (χ3v) is 11.1. The number of rotatable bonds is 10. The molecule has 14 heteroatoms. The van der Waals surface area contributed by atoms with E-state index in [1.165, 1.54) is 44.4 Å². The quantitative estimate of drug-likeness (QED) is 0.191. The van der Waals surface area contributed by atoms with Crippen LogP contribution in [-0.4, -0.2) is 93.5 Å². The highest BCUT2D eigenvalue weighted by Crippen LogP contribution is 2.69. The summed E-state index contributed by atoms with van der Waals surface area (Å²) in [5.74, 6) is -4.62. The summed E-state index contributed by atoms with van der Waals surface area (Å²) in [6.45, 7) is 4.41. The minimum absolute atomic E-state index is 0.0429. The van der Waals surface area contributed by atoms with Crippen LogP contribution in [0.4, 0.5) is 23.4 Å². The second-order valence-corrected chi connectivity index (χ2v) is 14.4. The molecule has 4 heterocycles. The summed E-state index contributed by atoms with van der Waals surface area (Å²) in [7, 11) is 3.12. The third kappa shape index (κ3) is 5.90. The molecule has 4 aromatic rings. The van der Waals surface area contributed by atoms with E-state index in [1.54, 1.807) is 18.9 Å². The van der Waals surface area contributed by atoms with Gasteiger partial charge in [0.05, 0.1) is 16.3 Å². The molecule has 1 aliphatic carbocycles. The number of phenolic OH excluding ortho intramolecular Hbond substituents is 1. The average Bonchev–Trinajstić information content (AvgIpc) is 3.30. The number of halogens is 4.